The average molecular weight is 349 g/mol. The second-order valence-corrected chi connectivity index (χ2v) is 6.03. The molecule has 1 amide bonds. The van der Waals surface area contributed by atoms with E-state index in [0.717, 1.165) is 0 Å². The normalized spacial score (nSPS) is 13.3. The van der Waals surface area contributed by atoms with Crippen LogP contribution in [0.15, 0.2) is 30.5 Å². The Hall–Kier alpha value is -2.74. The Morgan fingerprint density at radius 3 is 2.68 bits per heavy atom. The smallest absolute Gasteiger partial charge is 0.305 e. The van der Waals surface area contributed by atoms with Crippen LogP contribution in [-0.2, 0) is 9.53 Å². The Bertz CT molecular complexity index is 790. The number of aliphatic carboxylic acids is 1. The summed E-state index contributed by atoms with van der Waals surface area (Å²) in [6, 6.07) is 6.09. The molecule has 25 heavy (non-hydrogen) atoms. The first kappa shape index (κ1) is 18.6. The zero-order valence-electron chi connectivity index (χ0n) is 14.2. The molecule has 1 heterocycles. The molecular weight excluding hydrogens is 329 g/mol. The maximum Gasteiger partial charge on any atom is 0.305 e. The molecule has 2 rings (SSSR count). The summed E-state index contributed by atoms with van der Waals surface area (Å²) in [7, 11) is 1.42. The summed E-state index contributed by atoms with van der Waals surface area (Å²) in [5.74, 6) is -2.02. The van der Waals surface area contributed by atoms with Crippen molar-refractivity contribution in [3.05, 3.63) is 47.5 Å². The van der Waals surface area contributed by atoms with E-state index in [0.29, 0.717) is 5.69 Å². The van der Waals surface area contributed by atoms with E-state index in [1.54, 1.807) is 32.0 Å². The van der Waals surface area contributed by atoms with Crippen LogP contribution in [0.1, 0.15) is 29.4 Å². The van der Waals surface area contributed by atoms with Gasteiger partial charge in [-0.2, -0.15) is 5.10 Å². The Morgan fingerprint density at radius 2 is 2.08 bits per heavy atom. The van der Waals surface area contributed by atoms with Crippen molar-refractivity contribution < 1.29 is 23.8 Å². The number of carboxylic acids is 1. The maximum atomic E-state index is 13.9. The SMILES string of the molecule is COCC(C)(CC(=O)O)NC(=O)c1cnn(-c2ccccc2F)c1C. The number of para-hydroxylation sites is 1. The lowest BCUT2D eigenvalue weighted by molar-refractivity contribution is -0.139. The average Bonchev–Trinajstić information content (AvgIpc) is 2.88. The van der Waals surface area contributed by atoms with Gasteiger partial charge in [0.25, 0.3) is 5.91 Å². The van der Waals surface area contributed by atoms with Gasteiger partial charge in [0.15, 0.2) is 0 Å². The summed E-state index contributed by atoms with van der Waals surface area (Å²) in [4.78, 5) is 23.6. The van der Waals surface area contributed by atoms with Crippen molar-refractivity contribution in [1.29, 1.82) is 0 Å². The van der Waals surface area contributed by atoms with Crippen LogP contribution in [-0.4, -0.2) is 46.0 Å². The Labute approximate surface area is 144 Å². The zero-order chi connectivity index (χ0) is 18.6. The monoisotopic (exact) mass is 349 g/mol. The third-order valence-electron chi connectivity index (χ3n) is 3.75. The molecule has 7 nitrogen and oxygen atoms in total. The first-order valence-corrected chi connectivity index (χ1v) is 7.60. The second kappa shape index (κ2) is 7.43. The summed E-state index contributed by atoms with van der Waals surface area (Å²) in [6.07, 6.45) is 1.03. The van der Waals surface area contributed by atoms with Crippen LogP contribution in [0.3, 0.4) is 0 Å². The number of carboxylic acid groups (broad SMARTS) is 1. The highest BCUT2D eigenvalue weighted by molar-refractivity contribution is 5.96. The van der Waals surface area contributed by atoms with Gasteiger partial charge in [-0.05, 0) is 26.0 Å². The largest absolute Gasteiger partial charge is 0.481 e. The minimum absolute atomic E-state index is 0.0333. The fourth-order valence-corrected chi connectivity index (χ4v) is 2.62. The number of aromatic nitrogens is 2. The number of ether oxygens (including phenoxy) is 1. The number of halogens is 1. The van der Waals surface area contributed by atoms with Crippen LogP contribution in [0.2, 0.25) is 0 Å². The molecule has 1 aromatic heterocycles. The topological polar surface area (TPSA) is 93.4 Å². The molecule has 0 radical (unpaired) electrons. The number of rotatable bonds is 7. The van der Waals surface area contributed by atoms with E-state index in [2.05, 4.69) is 10.4 Å². The van der Waals surface area contributed by atoms with E-state index in [1.807, 2.05) is 0 Å². The molecule has 134 valence electrons. The van der Waals surface area contributed by atoms with Crippen molar-refractivity contribution in [3.8, 4) is 5.69 Å². The summed E-state index contributed by atoms with van der Waals surface area (Å²) in [5.41, 5.74) is -0.178. The summed E-state index contributed by atoms with van der Waals surface area (Å²) in [5, 5.41) is 15.8. The minimum Gasteiger partial charge on any atom is -0.481 e. The van der Waals surface area contributed by atoms with E-state index < -0.39 is 23.2 Å². The highest BCUT2D eigenvalue weighted by Gasteiger charge is 2.31. The van der Waals surface area contributed by atoms with Crippen molar-refractivity contribution >= 4 is 11.9 Å². The molecular formula is C17H20FN3O4. The maximum absolute atomic E-state index is 13.9. The first-order chi connectivity index (χ1) is 11.8. The number of nitrogens with one attached hydrogen (secondary N) is 1. The van der Waals surface area contributed by atoms with Gasteiger partial charge < -0.3 is 15.2 Å². The Kier molecular flexibility index (Phi) is 5.53. The number of hydrogen-bond donors (Lipinski definition) is 2. The van der Waals surface area contributed by atoms with Gasteiger partial charge in [0.05, 0.1) is 36.0 Å². The highest BCUT2D eigenvalue weighted by atomic mass is 19.1. The molecule has 0 fully saturated rings. The van der Waals surface area contributed by atoms with Gasteiger partial charge in [0, 0.05) is 7.11 Å². The molecule has 0 saturated carbocycles. The Morgan fingerprint density at radius 1 is 1.40 bits per heavy atom. The molecule has 8 heteroatoms. The van der Waals surface area contributed by atoms with Crippen molar-refractivity contribution in [2.24, 2.45) is 0 Å². The number of amides is 1. The van der Waals surface area contributed by atoms with Gasteiger partial charge in [-0.25, -0.2) is 9.07 Å². The van der Waals surface area contributed by atoms with Gasteiger partial charge in [0.2, 0.25) is 0 Å². The van der Waals surface area contributed by atoms with Gasteiger partial charge in [0.1, 0.15) is 11.5 Å². The van der Waals surface area contributed by atoms with Crippen LogP contribution in [0.25, 0.3) is 5.69 Å². The molecule has 0 aliphatic rings. The molecule has 0 aliphatic carbocycles. The van der Waals surface area contributed by atoms with Gasteiger partial charge >= 0.3 is 5.97 Å². The molecule has 1 atom stereocenters. The molecule has 0 aliphatic heterocycles. The van der Waals surface area contributed by atoms with Crippen LogP contribution in [0.5, 0.6) is 0 Å². The Balaban J connectivity index is 2.29. The number of carbonyl (C=O) groups is 2. The van der Waals surface area contributed by atoms with E-state index in [9.17, 15) is 14.0 Å². The second-order valence-electron chi connectivity index (χ2n) is 6.03. The molecule has 0 bridgehead atoms. The number of benzene rings is 1. The minimum atomic E-state index is -1.08. The zero-order valence-corrected chi connectivity index (χ0v) is 14.2. The lowest BCUT2D eigenvalue weighted by Gasteiger charge is -2.28. The molecule has 2 N–H and O–H groups in total. The van der Waals surface area contributed by atoms with Crippen LogP contribution in [0.4, 0.5) is 4.39 Å². The summed E-state index contributed by atoms with van der Waals surface area (Å²) >= 11 is 0. The summed E-state index contributed by atoms with van der Waals surface area (Å²) in [6.45, 7) is 3.25. The van der Waals surface area contributed by atoms with Crippen molar-refractivity contribution in [2.75, 3.05) is 13.7 Å². The third-order valence-corrected chi connectivity index (χ3v) is 3.75. The fourth-order valence-electron chi connectivity index (χ4n) is 2.62. The highest BCUT2D eigenvalue weighted by Crippen LogP contribution is 2.18. The van der Waals surface area contributed by atoms with E-state index in [-0.39, 0.29) is 24.3 Å². The lowest BCUT2D eigenvalue weighted by Crippen LogP contribution is -2.50. The number of methoxy groups -OCH3 is 1. The number of nitrogens with zero attached hydrogens (tertiary/aromatic N) is 2. The predicted molar refractivity (Wildman–Crippen MR) is 88.3 cm³/mol. The number of hydrogen-bond acceptors (Lipinski definition) is 4. The van der Waals surface area contributed by atoms with Crippen molar-refractivity contribution in [3.63, 3.8) is 0 Å². The third kappa shape index (κ3) is 4.21. The number of carbonyl (C=O) groups excluding carboxylic acids is 1. The van der Waals surface area contributed by atoms with Gasteiger partial charge in [-0.15, -0.1) is 0 Å². The first-order valence-electron chi connectivity index (χ1n) is 7.60. The molecule has 1 unspecified atom stereocenters. The van der Waals surface area contributed by atoms with Crippen molar-refractivity contribution in [1.82, 2.24) is 15.1 Å². The predicted octanol–water partition coefficient (Wildman–Crippen LogP) is 1.93. The standard InChI is InChI=1S/C17H20FN3O4/c1-11-12(9-19-21(11)14-7-5-4-6-13(14)18)16(24)20-17(2,10-25-3)8-15(22)23/h4-7,9H,8,10H2,1-3H3,(H,20,24)(H,22,23). The fraction of sp³-hybridized carbons (Fsp3) is 0.353. The van der Waals surface area contributed by atoms with Crippen molar-refractivity contribution in [2.45, 2.75) is 25.8 Å². The van der Waals surface area contributed by atoms with Crippen LogP contribution in [0, 0.1) is 12.7 Å². The molecule has 0 saturated heterocycles. The molecule has 2 aromatic rings. The summed E-state index contributed by atoms with van der Waals surface area (Å²) < 4.78 is 20.3. The van der Waals surface area contributed by atoms with Crippen LogP contribution >= 0.6 is 0 Å². The van der Waals surface area contributed by atoms with Gasteiger partial charge in [-0.3, -0.25) is 9.59 Å². The molecule has 0 spiro atoms. The van der Waals surface area contributed by atoms with Gasteiger partial charge in [-0.1, -0.05) is 12.1 Å². The van der Waals surface area contributed by atoms with E-state index in [1.165, 1.54) is 24.1 Å². The molecule has 1 aromatic carbocycles. The van der Waals surface area contributed by atoms with E-state index >= 15 is 0 Å². The van der Waals surface area contributed by atoms with Crippen LogP contribution < -0.4 is 5.32 Å². The quantitative estimate of drug-likeness (QED) is 0.797. The van der Waals surface area contributed by atoms with E-state index in [4.69, 9.17) is 9.84 Å². The lowest BCUT2D eigenvalue weighted by atomic mass is 9.98.